The first-order valence-corrected chi connectivity index (χ1v) is 11.0. The predicted octanol–water partition coefficient (Wildman–Crippen LogP) is 5.62. The highest BCUT2D eigenvalue weighted by Gasteiger charge is 2.17. The average Bonchev–Trinajstić information content (AvgIpc) is 2.72. The van der Waals surface area contributed by atoms with Crippen molar-refractivity contribution in [2.24, 2.45) is 0 Å². The predicted molar refractivity (Wildman–Crippen MR) is 120 cm³/mol. The molecule has 0 amide bonds. The van der Waals surface area contributed by atoms with Crippen molar-refractivity contribution >= 4 is 16.9 Å². The SMILES string of the molecule is CCCCCCCCCCOc1cc2c(=O)c(C(=O)OC)c[nH]c2cc1OC(C)C. The normalized spacial score (nSPS) is 11.1. The highest BCUT2D eigenvalue weighted by Crippen LogP contribution is 2.32. The summed E-state index contributed by atoms with van der Waals surface area (Å²) in [6, 6.07) is 3.41. The molecular formula is C24H35NO5. The molecule has 166 valence electrons. The Morgan fingerprint density at radius 1 is 1.00 bits per heavy atom. The van der Waals surface area contributed by atoms with Gasteiger partial charge in [0.1, 0.15) is 5.56 Å². The third kappa shape index (κ3) is 6.78. The number of carbonyl (C=O) groups is 1. The van der Waals surface area contributed by atoms with Gasteiger partial charge in [0.25, 0.3) is 0 Å². The van der Waals surface area contributed by atoms with E-state index < -0.39 is 5.97 Å². The molecule has 0 aliphatic carbocycles. The van der Waals surface area contributed by atoms with E-state index in [9.17, 15) is 9.59 Å². The van der Waals surface area contributed by atoms with Gasteiger partial charge in [-0.05, 0) is 26.3 Å². The molecule has 0 radical (unpaired) electrons. The molecule has 0 fully saturated rings. The summed E-state index contributed by atoms with van der Waals surface area (Å²) in [4.78, 5) is 27.5. The van der Waals surface area contributed by atoms with Crippen LogP contribution in [0.1, 0.15) is 82.5 Å². The van der Waals surface area contributed by atoms with Crippen LogP contribution in [0.2, 0.25) is 0 Å². The minimum Gasteiger partial charge on any atom is -0.490 e. The minimum atomic E-state index is -0.665. The van der Waals surface area contributed by atoms with Gasteiger partial charge >= 0.3 is 5.97 Å². The molecule has 6 nitrogen and oxygen atoms in total. The minimum absolute atomic E-state index is 0.0310. The Morgan fingerprint density at radius 2 is 1.67 bits per heavy atom. The van der Waals surface area contributed by atoms with Crippen LogP contribution in [-0.4, -0.2) is 30.8 Å². The van der Waals surface area contributed by atoms with E-state index in [2.05, 4.69) is 11.9 Å². The van der Waals surface area contributed by atoms with Crippen LogP contribution in [0.15, 0.2) is 23.1 Å². The number of pyridine rings is 1. The second-order valence-electron chi connectivity index (χ2n) is 7.86. The monoisotopic (exact) mass is 417 g/mol. The highest BCUT2D eigenvalue weighted by atomic mass is 16.5. The number of hydrogen-bond donors (Lipinski definition) is 1. The molecule has 0 atom stereocenters. The summed E-state index contributed by atoms with van der Waals surface area (Å²) in [7, 11) is 1.25. The summed E-state index contributed by atoms with van der Waals surface area (Å²) < 4.78 is 16.6. The van der Waals surface area contributed by atoms with Gasteiger partial charge in [-0.1, -0.05) is 51.9 Å². The van der Waals surface area contributed by atoms with Crippen molar-refractivity contribution in [3.05, 3.63) is 34.1 Å². The van der Waals surface area contributed by atoms with E-state index in [1.54, 1.807) is 12.1 Å². The van der Waals surface area contributed by atoms with Gasteiger partial charge in [-0.15, -0.1) is 0 Å². The van der Waals surface area contributed by atoms with Crippen LogP contribution < -0.4 is 14.9 Å². The molecule has 0 spiro atoms. The van der Waals surface area contributed by atoms with Gasteiger partial charge in [0.05, 0.1) is 30.7 Å². The van der Waals surface area contributed by atoms with Crippen LogP contribution in [0.4, 0.5) is 0 Å². The largest absolute Gasteiger partial charge is 0.490 e. The molecule has 0 aliphatic rings. The van der Waals surface area contributed by atoms with Crippen LogP contribution in [-0.2, 0) is 4.74 Å². The van der Waals surface area contributed by atoms with Gasteiger partial charge in [-0.2, -0.15) is 0 Å². The number of carbonyl (C=O) groups excluding carboxylic acids is 1. The van der Waals surface area contributed by atoms with E-state index in [0.717, 1.165) is 12.8 Å². The van der Waals surface area contributed by atoms with Crippen LogP contribution in [0.5, 0.6) is 11.5 Å². The Kier molecular flexibility index (Phi) is 9.71. The molecule has 1 aromatic carbocycles. The lowest BCUT2D eigenvalue weighted by molar-refractivity contribution is 0.0599. The molecule has 0 unspecified atom stereocenters. The van der Waals surface area contributed by atoms with Gasteiger partial charge in [0.15, 0.2) is 11.5 Å². The van der Waals surface area contributed by atoms with Crippen LogP contribution in [0, 0.1) is 0 Å². The standard InChI is InChI=1S/C24H35NO5/c1-5-6-7-8-9-10-11-12-13-29-21-14-18-20(15-22(21)30-17(2)3)25-16-19(23(18)26)24(27)28-4/h14-17H,5-13H2,1-4H3,(H,25,26). The fourth-order valence-electron chi connectivity index (χ4n) is 3.37. The Morgan fingerprint density at radius 3 is 2.30 bits per heavy atom. The maximum absolute atomic E-state index is 12.7. The molecule has 0 aliphatic heterocycles. The molecule has 0 saturated carbocycles. The van der Waals surface area contributed by atoms with Crippen LogP contribution >= 0.6 is 0 Å². The number of unbranched alkanes of at least 4 members (excludes halogenated alkanes) is 7. The number of methoxy groups -OCH3 is 1. The molecule has 1 aromatic heterocycles. The number of aromatic nitrogens is 1. The summed E-state index contributed by atoms with van der Waals surface area (Å²) in [6.07, 6.45) is 11.1. The summed E-state index contributed by atoms with van der Waals surface area (Å²) in [5, 5.41) is 0.375. The van der Waals surface area contributed by atoms with Gasteiger partial charge < -0.3 is 19.2 Å². The van der Waals surface area contributed by atoms with Gasteiger partial charge in [-0.3, -0.25) is 4.79 Å². The van der Waals surface area contributed by atoms with Crippen molar-refractivity contribution in [3.8, 4) is 11.5 Å². The molecule has 0 saturated heterocycles. The van der Waals surface area contributed by atoms with Crippen LogP contribution in [0.25, 0.3) is 10.9 Å². The smallest absolute Gasteiger partial charge is 0.343 e. The van der Waals surface area contributed by atoms with Crippen LogP contribution in [0.3, 0.4) is 0 Å². The quantitative estimate of drug-likeness (QED) is 0.338. The van der Waals surface area contributed by atoms with E-state index in [0.29, 0.717) is 29.0 Å². The lowest BCUT2D eigenvalue weighted by Crippen LogP contribution is -2.17. The molecule has 2 rings (SSSR count). The molecule has 2 aromatic rings. The van der Waals surface area contributed by atoms with Gasteiger partial charge in [-0.25, -0.2) is 4.79 Å². The number of aromatic amines is 1. The molecule has 1 heterocycles. The van der Waals surface area contributed by atoms with E-state index in [1.165, 1.54) is 51.8 Å². The van der Waals surface area contributed by atoms with Crippen molar-refractivity contribution in [2.75, 3.05) is 13.7 Å². The summed E-state index contributed by atoms with van der Waals surface area (Å²) >= 11 is 0. The first kappa shape index (κ1) is 23.8. The van der Waals surface area contributed by atoms with E-state index in [4.69, 9.17) is 14.2 Å². The molecule has 1 N–H and O–H groups in total. The molecule has 6 heteroatoms. The van der Waals surface area contributed by atoms with Crippen molar-refractivity contribution < 1.29 is 19.0 Å². The van der Waals surface area contributed by atoms with Gasteiger partial charge in [0.2, 0.25) is 5.43 Å². The lowest BCUT2D eigenvalue weighted by atomic mass is 10.1. The zero-order valence-corrected chi connectivity index (χ0v) is 18.7. The number of benzene rings is 1. The second kappa shape index (κ2) is 12.3. The van der Waals surface area contributed by atoms with Crippen molar-refractivity contribution in [3.63, 3.8) is 0 Å². The number of H-pyrrole nitrogens is 1. The summed E-state index contributed by atoms with van der Waals surface area (Å²) in [5.41, 5.74) is 0.169. The number of hydrogen-bond acceptors (Lipinski definition) is 5. The second-order valence-corrected chi connectivity index (χ2v) is 7.86. The fraction of sp³-hybridized carbons (Fsp3) is 0.583. The number of rotatable bonds is 13. The average molecular weight is 418 g/mol. The molecule has 0 bridgehead atoms. The highest BCUT2D eigenvalue weighted by molar-refractivity contribution is 5.94. The third-order valence-electron chi connectivity index (χ3n) is 4.97. The Labute approximate surface area is 178 Å². The first-order chi connectivity index (χ1) is 14.5. The number of nitrogens with one attached hydrogen (secondary N) is 1. The number of fused-ring (bicyclic) bond motifs is 1. The first-order valence-electron chi connectivity index (χ1n) is 11.0. The zero-order chi connectivity index (χ0) is 21.9. The maximum Gasteiger partial charge on any atom is 0.343 e. The molecular weight excluding hydrogens is 382 g/mol. The zero-order valence-electron chi connectivity index (χ0n) is 18.7. The van der Waals surface area contributed by atoms with Crippen molar-refractivity contribution in [2.45, 2.75) is 78.2 Å². The van der Waals surface area contributed by atoms with Crippen molar-refractivity contribution in [1.29, 1.82) is 0 Å². The number of esters is 1. The topological polar surface area (TPSA) is 77.6 Å². The lowest BCUT2D eigenvalue weighted by Gasteiger charge is -2.16. The fourth-order valence-corrected chi connectivity index (χ4v) is 3.37. The van der Waals surface area contributed by atoms with Crippen molar-refractivity contribution in [1.82, 2.24) is 4.98 Å². The maximum atomic E-state index is 12.7. The van der Waals surface area contributed by atoms with E-state index in [-0.39, 0.29) is 17.1 Å². The third-order valence-corrected chi connectivity index (χ3v) is 4.97. The summed E-state index contributed by atoms with van der Waals surface area (Å²) in [5.74, 6) is 0.437. The van der Waals surface area contributed by atoms with Gasteiger partial charge in [0, 0.05) is 12.3 Å². The Hall–Kier alpha value is -2.50. The van der Waals surface area contributed by atoms with E-state index >= 15 is 0 Å². The Bertz CT molecular complexity index is 872. The summed E-state index contributed by atoms with van der Waals surface area (Å²) in [6.45, 7) is 6.67. The Balaban J connectivity index is 2.08. The van der Waals surface area contributed by atoms with E-state index in [1.807, 2.05) is 13.8 Å². The molecule has 30 heavy (non-hydrogen) atoms. The number of ether oxygens (including phenoxy) is 3.